The highest BCUT2D eigenvalue weighted by Crippen LogP contribution is 2.04. The van der Waals surface area contributed by atoms with Crippen LogP contribution in [0, 0.1) is 0 Å². The minimum Gasteiger partial charge on any atom is -0.502 e. The Kier molecular flexibility index (Phi) is 1.76. The molecule has 0 saturated carbocycles. The van der Waals surface area contributed by atoms with Crippen molar-refractivity contribution in [3.8, 4) is 5.75 Å². The second kappa shape index (κ2) is 2.56. The van der Waals surface area contributed by atoms with Gasteiger partial charge in [-0.05, 0) is 18.1 Å². The molecular formula is C7H8O3. The van der Waals surface area contributed by atoms with Gasteiger partial charge in [0.2, 0.25) is 5.75 Å². The third-order valence-electron chi connectivity index (χ3n) is 1.26. The highest BCUT2D eigenvalue weighted by Gasteiger charge is 1.97. The molecule has 0 aliphatic carbocycles. The van der Waals surface area contributed by atoms with E-state index in [1.165, 1.54) is 12.3 Å². The van der Waals surface area contributed by atoms with E-state index in [2.05, 4.69) is 4.42 Å². The largest absolute Gasteiger partial charge is 0.502 e. The Balaban J connectivity index is 3.17. The van der Waals surface area contributed by atoms with Gasteiger partial charge in [-0.1, -0.05) is 6.92 Å². The lowest BCUT2D eigenvalue weighted by atomic mass is 10.2. The number of aryl methyl sites for hydroxylation is 1. The molecule has 0 aliphatic heterocycles. The van der Waals surface area contributed by atoms with Gasteiger partial charge in [-0.3, -0.25) is 0 Å². The molecule has 0 saturated heterocycles. The number of rotatable bonds is 1. The molecule has 0 radical (unpaired) electrons. The molecule has 54 valence electrons. The first-order valence-corrected chi connectivity index (χ1v) is 3.04. The molecule has 3 heteroatoms. The zero-order chi connectivity index (χ0) is 7.56. The van der Waals surface area contributed by atoms with Gasteiger partial charge >= 0.3 is 5.63 Å². The third-order valence-corrected chi connectivity index (χ3v) is 1.26. The van der Waals surface area contributed by atoms with Crippen molar-refractivity contribution in [1.29, 1.82) is 0 Å². The van der Waals surface area contributed by atoms with E-state index in [-0.39, 0.29) is 5.75 Å². The minimum absolute atomic E-state index is 0.320. The van der Waals surface area contributed by atoms with Crippen LogP contribution < -0.4 is 5.63 Å². The van der Waals surface area contributed by atoms with Gasteiger partial charge in [0.1, 0.15) is 0 Å². The van der Waals surface area contributed by atoms with Gasteiger partial charge in [-0.15, -0.1) is 0 Å². The zero-order valence-electron chi connectivity index (χ0n) is 5.63. The fourth-order valence-corrected chi connectivity index (χ4v) is 0.644. The number of hydrogen-bond acceptors (Lipinski definition) is 3. The van der Waals surface area contributed by atoms with E-state index < -0.39 is 5.63 Å². The Bertz CT molecular complexity index is 274. The maximum Gasteiger partial charge on any atom is 0.378 e. The summed E-state index contributed by atoms with van der Waals surface area (Å²) in [7, 11) is 0. The SMILES string of the molecule is CCc1coc(=O)c(O)c1. The average Bonchev–Trinajstić information content (AvgIpc) is 1.95. The second-order valence-corrected chi connectivity index (χ2v) is 1.98. The molecule has 0 aliphatic rings. The third kappa shape index (κ3) is 1.18. The molecule has 0 unspecified atom stereocenters. The van der Waals surface area contributed by atoms with Crippen LogP contribution in [0.1, 0.15) is 12.5 Å². The summed E-state index contributed by atoms with van der Waals surface area (Å²) in [6.07, 6.45) is 2.10. The van der Waals surface area contributed by atoms with Crippen molar-refractivity contribution in [1.82, 2.24) is 0 Å². The summed E-state index contributed by atoms with van der Waals surface area (Å²) in [6.45, 7) is 1.91. The maximum absolute atomic E-state index is 10.5. The summed E-state index contributed by atoms with van der Waals surface area (Å²) in [4.78, 5) is 10.5. The first-order valence-electron chi connectivity index (χ1n) is 3.04. The van der Waals surface area contributed by atoms with Crippen molar-refractivity contribution in [2.75, 3.05) is 0 Å². The molecule has 1 heterocycles. The molecule has 0 amide bonds. The van der Waals surface area contributed by atoms with Crippen molar-refractivity contribution >= 4 is 0 Å². The predicted octanol–water partition coefficient (Wildman–Crippen LogP) is 0.908. The van der Waals surface area contributed by atoms with Crippen LogP contribution in [-0.2, 0) is 6.42 Å². The highest BCUT2D eigenvalue weighted by molar-refractivity contribution is 5.19. The molecule has 3 nitrogen and oxygen atoms in total. The van der Waals surface area contributed by atoms with Gasteiger partial charge in [-0.2, -0.15) is 0 Å². The van der Waals surface area contributed by atoms with Gasteiger partial charge in [0.15, 0.2) is 0 Å². The van der Waals surface area contributed by atoms with Gasteiger partial charge in [0.05, 0.1) is 6.26 Å². The topological polar surface area (TPSA) is 50.4 Å². The smallest absolute Gasteiger partial charge is 0.378 e. The van der Waals surface area contributed by atoms with Crippen molar-refractivity contribution in [2.24, 2.45) is 0 Å². The Morgan fingerprint density at radius 1 is 1.70 bits per heavy atom. The monoisotopic (exact) mass is 140 g/mol. The lowest BCUT2D eigenvalue weighted by molar-refractivity contribution is 0.409. The lowest BCUT2D eigenvalue weighted by Gasteiger charge is -1.92. The van der Waals surface area contributed by atoms with Gasteiger partial charge in [-0.25, -0.2) is 4.79 Å². The van der Waals surface area contributed by atoms with Crippen LogP contribution in [-0.4, -0.2) is 5.11 Å². The Hall–Kier alpha value is -1.25. The van der Waals surface area contributed by atoms with Crippen LogP contribution in [0.2, 0.25) is 0 Å². The molecular weight excluding hydrogens is 132 g/mol. The van der Waals surface area contributed by atoms with Gasteiger partial charge in [0.25, 0.3) is 0 Å². The molecule has 1 rings (SSSR count). The molecule has 0 fully saturated rings. The molecule has 0 bridgehead atoms. The van der Waals surface area contributed by atoms with Gasteiger partial charge in [0, 0.05) is 0 Å². The zero-order valence-corrected chi connectivity index (χ0v) is 5.63. The fraction of sp³-hybridized carbons (Fsp3) is 0.286. The van der Waals surface area contributed by atoms with Gasteiger partial charge < -0.3 is 9.52 Å². The highest BCUT2D eigenvalue weighted by atomic mass is 16.4. The fourth-order valence-electron chi connectivity index (χ4n) is 0.644. The summed E-state index contributed by atoms with van der Waals surface area (Å²) in [5, 5.41) is 8.82. The van der Waals surface area contributed by atoms with E-state index in [0.717, 1.165) is 12.0 Å². The van der Waals surface area contributed by atoms with Crippen LogP contribution >= 0.6 is 0 Å². The first kappa shape index (κ1) is 6.86. The molecule has 1 N–H and O–H groups in total. The summed E-state index contributed by atoms with van der Waals surface area (Å²) in [5.74, 6) is -0.320. The van der Waals surface area contributed by atoms with Crippen LogP contribution in [0.25, 0.3) is 0 Å². The first-order chi connectivity index (χ1) is 4.74. The Labute approximate surface area is 57.9 Å². The van der Waals surface area contributed by atoms with E-state index in [1.54, 1.807) is 0 Å². The molecule has 1 aromatic rings. The molecule has 10 heavy (non-hydrogen) atoms. The van der Waals surface area contributed by atoms with Crippen molar-refractivity contribution in [2.45, 2.75) is 13.3 Å². The van der Waals surface area contributed by atoms with Crippen molar-refractivity contribution < 1.29 is 9.52 Å². The summed E-state index contributed by atoms with van der Waals surface area (Å²) < 4.78 is 4.47. The quantitative estimate of drug-likeness (QED) is 0.630. The standard InChI is InChI=1S/C7H8O3/c1-2-5-3-6(8)7(9)10-4-5/h3-4,8H,2H2,1H3. The lowest BCUT2D eigenvalue weighted by Crippen LogP contribution is -1.97. The summed E-state index contributed by atoms with van der Waals surface area (Å²) >= 11 is 0. The van der Waals surface area contributed by atoms with E-state index in [1.807, 2.05) is 6.92 Å². The predicted molar refractivity (Wildman–Crippen MR) is 36.0 cm³/mol. The van der Waals surface area contributed by atoms with Crippen LogP contribution in [0.4, 0.5) is 0 Å². The van der Waals surface area contributed by atoms with E-state index in [9.17, 15) is 4.79 Å². The number of aromatic hydroxyl groups is 1. The van der Waals surface area contributed by atoms with E-state index >= 15 is 0 Å². The second-order valence-electron chi connectivity index (χ2n) is 1.98. The van der Waals surface area contributed by atoms with Crippen molar-refractivity contribution in [3.63, 3.8) is 0 Å². The average molecular weight is 140 g/mol. The molecule has 0 atom stereocenters. The number of hydrogen-bond donors (Lipinski definition) is 1. The molecule has 0 aromatic carbocycles. The normalized spacial score (nSPS) is 9.70. The molecule has 0 spiro atoms. The molecule has 1 aromatic heterocycles. The van der Waals surface area contributed by atoms with Crippen LogP contribution in [0.15, 0.2) is 21.5 Å². The minimum atomic E-state index is -0.683. The van der Waals surface area contributed by atoms with E-state index in [4.69, 9.17) is 5.11 Å². The Morgan fingerprint density at radius 2 is 2.40 bits per heavy atom. The Morgan fingerprint density at radius 3 is 2.90 bits per heavy atom. The van der Waals surface area contributed by atoms with E-state index in [0.29, 0.717) is 0 Å². The summed E-state index contributed by atoms with van der Waals surface area (Å²) in [6, 6.07) is 1.41. The maximum atomic E-state index is 10.5. The van der Waals surface area contributed by atoms with Crippen LogP contribution in [0.5, 0.6) is 5.75 Å². The van der Waals surface area contributed by atoms with Crippen molar-refractivity contribution in [3.05, 3.63) is 28.3 Å². The summed E-state index contributed by atoms with van der Waals surface area (Å²) in [5.41, 5.74) is 0.134. The van der Waals surface area contributed by atoms with Crippen LogP contribution in [0.3, 0.4) is 0 Å².